The smallest absolute Gasteiger partial charge is 0.276 e. The highest BCUT2D eigenvalue weighted by molar-refractivity contribution is 5.92. The zero-order valence-electron chi connectivity index (χ0n) is 11.1. The number of nitrogens with one attached hydrogen (secondary N) is 1. The average molecular weight is 265 g/mol. The molecule has 2 fully saturated rings. The van der Waals surface area contributed by atoms with Crippen molar-refractivity contribution >= 4 is 5.91 Å². The molecule has 0 saturated carbocycles. The van der Waals surface area contributed by atoms with Gasteiger partial charge in [-0.2, -0.15) is 0 Å². The number of rotatable bonds is 3. The summed E-state index contributed by atoms with van der Waals surface area (Å²) in [5, 5.41) is 11.2. The van der Waals surface area contributed by atoms with E-state index in [2.05, 4.69) is 22.6 Å². The summed E-state index contributed by atoms with van der Waals surface area (Å²) >= 11 is 0. The summed E-state index contributed by atoms with van der Waals surface area (Å²) in [6, 6.07) is 0.484. The molecular weight excluding hydrogens is 246 g/mol. The zero-order valence-corrected chi connectivity index (χ0v) is 11.1. The minimum absolute atomic E-state index is 0.0336. The average Bonchev–Trinajstić information content (AvgIpc) is 2.85. The van der Waals surface area contributed by atoms with Crippen molar-refractivity contribution in [2.24, 2.45) is 0 Å². The van der Waals surface area contributed by atoms with E-state index in [9.17, 15) is 4.79 Å². The highest BCUT2D eigenvalue weighted by Gasteiger charge is 2.29. The number of hydrogen-bond acceptors (Lipinski definition) is 5. The summed E-state index contributed by atoms with van der Waals surface area (Å²) in [5.41, 5.74) is 0.437. The Labute approximate surface area is 111 Å². The second-order valence-corrected chi connectivity index (χ2v) is 5.03. The summed E-state index contributed by atoms with van der Waals surface area (Å²) in [6.45, 7) is 5.70. The molecule has 1 unspecified atom stereocenters. The Morgan fingerprint density at radius 1 is 1.58 bits per heavy atom. The van der Waals surface area contributed by atoms with Crippen LogP contribution in [0.1, 0.15) is 29.9 Å². The highest BCUT2D eigenvalue weighted by atomic mass is 16.5. The van der Waals surface area contributed by atoms with Gasteiger partial charge in [-0.3, -0.25) is 4.79 Å². The van der Waals surface area contributed by atoms with Gasteiger partial charge in [0.2, 0.25) is 0 Å². The van der Waals surface area contributed by atoms with E-state index < -0.39 is 0 Å². The molecule has 0 spiro atoms. The van der Waals surface area contributed by atoms with Gasteiger partial charge < -0.3 is 15.0 Å². The molecule has 0 bridgehead atoms. The molecule has 1 N–H and O–H groups in total. The van der Waals surface area contributed by atoms with Crippen LogP contribution in [-0.4, -0.2) is 64.7 Å². The van der Waals surface area contributed by atoms with Crippen molar-refractivity contribution in [1.29, 1.82) is 0 Å². The van der Waals surface area contributed by atoms with Gasteiger partial charge in [-0.1, -0.05) is 12.1 Å². The van der Waals surface area contributed by atoms with Crippen LogP contribution < -0.4 is 5.32 Å². The monoisotopic (exact) mass is 265 g/mol. The second-order valence-electron chi connectivity index (χ2n) is 5.03. The molecule has 104 valence electrons. The van der Waals surface area contributed by atoms with Crippen molar-refractivity contribution in [2.45, 2.75) is 25.4 Å². The fraction of sp³-hybridized carbons (Fsp3) is 0.750. The Morgan fingerprint density at radius 3 is 3.11 bits per heavy atom. The van der Waals surface area contributed by atoms with E-state index in [0.717, 1.165) is 19.5 Å². The van der Waals surface area contributed by atoms with E-state index in [1.54, 1.807) is 10.9 Å². The minimum Gasteiger partial charge on any atom is -0.377 e. The van der Waals surface area contributed by atoms with E-state index in [4.69, 9.17) is 4.74 Å². The molecule has 1 atom stereocenters. The minimum atomic E-state index is -0.0336. The van der Waals surface area contributed by atoms with Gasteiger partial charge in [-0.05, 0) is 6.42 Å². The number of morpholine rings is 1. The lowest BCUT2D eigenvalue weighted by Crippen LogP contribution is -2.48. The first-order chi connectivity index (χ1) is 9.29. The van der Waals surface area contributed by atoms with Crippen LogP contribution in [0.4, 0.5) is 0 Å². The van der Waals surface area contributed by atoms with Crippen LogP contribution in [0.15, 0.2) is 6.20 Å². The van der Waals surface area contributed by atoms with Crippen molar-refractivity contribution < 1.29 is 9.53 Å². The lowest BCUT2D eigenvalue weighted by Gasteiger charge is -2.34. The topological polar surface area (TPSA) is 72.3 Å². The predicted molar refractivity (Wildman–Crippen MR) is 67.9 cm³/mol. The molecular formula is C12H19N5O2. The lowest BCUT2D eigenvalue weighted by atomic mass is 10.1. The molecule has 3 heterocycles. The normalized spacial score (nSPS) is 24.3. The van der Waals surface area contributed by atoms with Gasteiger partial charge in [0.1, 0.15) is 0 Å². The van der Waals surface area contributed by atoms with E-state index in [1.165, 1.54) is 0 Å². The van der Waals surface area contributed by atoms with Crippen molar-refractivity contribution in [3.05, 3.63) is 11.9 Å². The Morgan fingerprint density at radius 2 is 2.42 bits per heavy atom. The summed E-state index contributed by atoms with van der Waals surface area (Å²) < 4.78 is 7.20. The standard InChI is InChI=1S/C12H19N5O2/c1-2-9-8-19-4-3-16(9)12(18)11-7-17(15-14-11)10-5-13-6-10/h7,9-10,13H,2-6,8H2,1H3. The molecule has 0 radical (unpaired) electrons. The van der Waals surface area contributed by atoms with Gasteiger partial charge in [-0.25, -0.2) is 4.68 Å². The number of nitrogens with zero attached hydrogens (tertiary/aromatic N) is 4. The van der Waals surface area contributed by atoms with Gasteiger partial charge in [0.05, 0.1) is 31.5 Å². The van der Waals surface area contributed by atoms with E-state index >= 15 is 0 Å². The third-order valence-corrected chi connectivity index (χ3v) is 3.82. The van der Waals surface area contributed by atoms with Crippen LogP contribution in [0.2, 0.25) is 0 Å². The van der Waals surface area contributed by atoms with Crippen molar-refractivity contribution in [1.82, 2.24) is 25.2 Å². The van der Waals surface area contributed by atoms with E-state index in [-0.39, 0.29) is 11.9 Å². The zero-order chi connectivity index (χ0) is 13.2. The van der Waals surface area contributed by atoms with Gasteiger partial charge in [0.15, 0.2) is 5.69 Å². The summed E-state index contributed by atoms with van der Waals surface area (Å²) in [4.78, 5) is 14.3. The number of ether oxygens (including phenoxy) is 1. The third-order valence-electron chi connectivity index (χ3n) is 3.82. The summed E-state index contributed by atoms with van der Waals surface area (Å²) in [5.74, 6) is -0.0336. The Hall–Kier alpha value is -1.47. The maximum Gasteiger partial charge on any atom is 0.276 e. The first-order valence-corrected chi connectivity index (χ1v) is 6.81. The van der Waals surface area contributed by atoms with Crippen LogP contribution in [0, 0.1) is 0 Å². The van der Waals surface area contributed by atoms with E-state index in [1.807, 2.05) is 4.90 Å². The van der Waals surface area contributed by atoms with Crippen molar-refractivity contribution in [3.8, 4) is 0 Å². The molecule has 1 aromatic rings. The summed E-state index contributed by atoms with van der Waals surface area (Å²) in [7, 11) is 0. The Balaban J connectivity index is 1.73. The molecule has 0 aromatic carbocycles. The van der Waals surface area contributed by atoms with Crippen LogP contribution in [0.3, 0.4) is 0 Å². The quantitative estimate of drug-likeness (QED) is 0.810. The van der Waals surface area contributed by atoms with Gasteiger partial charge in [0, 0.05) is 19.6 Å². The van der Waals surface area contributed by atoms with Gasteiger partial charge in [-0.15, -0.1) is 5.10 Å². The third kappa shape index (κ3) is 2.35. The van der Waals surface area contributed by atoms with Crippen LogP contribution in [0.5, 0.6) is 0 Å². The maximum absolute atomic E-state index is 12.5. The highest BCUT2D eigenvalue weighted by Crippen LogP contribution is 2.15. The second kappa shape index (κ2) is 5.26. The fourth-order valence-electron chi connectivity index (χ4n) is 2.42. The molecule has 2 aliphatic rings. The Kier molecular flexibility index (Phi) is 3.48. The lowest BCUT2D eigenvalue weighted by molar-refractivity contribution is -0.00311. The molecule has 1 amide bonds. The van der Waals surface area contributed by atoms with Crippen LogP contribution in [0.25, 0.3) is 0 Å². The summed E-state index contributed by atoms with van der Waals surface area (Å²) in [6.07, 6.45) is 2.66. The molecule has 2 saturated heterocycles. The maximum atomic E-state index is 12.5. The van der Waals surface area contributed by atoms with Crippen molar-refractivity contribution in [3.63, 3.8) is 0 Å². The largest absolute Gasteiger partial charge is 0.377 e. The molecule has 0 aliphatic carbocycles. The van der Waals surface area contributed by atoms with Crippen LogP contribution >= 0.6 is 0 Å². The molecule has 3 rings (SSSR count). The number of carbonyl (C=O) groups is 1. The molecule has 7 heteroatoms. The first-order valence-electron chi connectivity index (χ1n) is 6.81. The van der Waals surface area contributed by atoms with Crippen LogP contribution in [-0.2, 0) is 4.74 Å². The molecule has 19 heavy (non-hydrogen) atoms. The van der Waals surface area contributed by atoms with E-state index in [0.29, 0.717) is 31.5 Å². The number of carbonyl (C=O) groups excluding carboxylic acids is 1. The first kappa shape index (κ1) is 12.6. The Bertz CT molecular complexity index is 457. The molecule has 2 aliphatic heterocycles. The fourth-order valence-corrected chi connectivity index (χ4v) is 2.42. The number of amides is 1. The predicted octanol–water partition coefficient (Wildman–Crippen LogP) is -0.327. The number of aromatic nitrogens is 3. The molecule has 1 aromatic heterocycles. The number of hydrogen-bond donors (Lipinski definition) is 1. The van der Waals surface area contributed by atoms with Crippen molar-refractivity contribution in [2.75, 3.05) is 32.8 Å². The SMILES string of the molecule is CCC1COCCN1C(=O)c1cn(C2CNC2)nn1. The molecule has 7 nitrogen and oxygen atoms in total. The van der Waals surface area contributed by atoms with Gasteiger partial charge in [0.25, 0.3) is 5.91 Å². The van der Waals surface area contributed by atoms with Gasteiger partial charge >= 0.3 is 0 Å².